The highest BCUT2D eigenvalue weighted by atomic mass is 19.1. The van der Waals surface area contributed by atoms with Crippen molar-refractivity contribution in [2.75, 3.05) is 13.2 Å². The molecule has 0 saturated carbocycles. The molecule has 2 aromatic carbocycles. The maximum Gasteiger partial charge on any atom is 0.220 e. The number of carbonyl (C=O) groups excluding carboxylic acids is 1. The molecule has 1 N–H and O–H groups in total. The zero-order valence-corrected chi connectivity index (χ0v) is 14.0. The maximum atomic E-state index is 12.9. The zero-order chi connectivity index (χ0) is 17.5. The molecule has 1 fully saturated rings. The van der Waals surface area contributed by atoms with Crippen LogP contribution in [-0.2, 0) is 16.0 Å². The van der Waals surface area contributed by atoms with Gasteiger partial charge in [-0.2, -0.15) is 0 Å². The number of ether oxygens (including phenoxy) is 2. The minimum atomic E-state index is -0.296. The van der Waals surface area contributed by atoms with E-state index in [1.54, 1.807) is 12.1 Å². The van der Waals surface area contributed by atoms with Crippen LogP contribution in [0.3, 0.4) is 0 Å². The predicted molar refractivity (Wildman–Crippen MR) is 93.2 cm³/mol. The first-order valence-electron chi connectivity index (χ1n) is 8.60. The van der Waals surface area contributed by atoms with Crippen molar-refractivity contribution in [2.45, 2.75) is 31.8 Å². The molecule has 0 aromatic heterocycles. The quantitative estimate of drug-likeness (QED) is 0.831. The Bertz CT molecular complexity index is 696. The third-order valence-electron chi connectivity index (χ3n) is 4.14. The first kappa shape index (κ1) is 17.4. The van der Waals surface area contributed by atoms with E-state index in [9.17, 15) is 9.18 Å². The topological polar surface area (TPSA) is 47.6 Å². The molecule has 1 amide bonds. The second kappa shape index (κ2) is 8.62. The number of amides is 1. The van der Waals surface area contributed by atoms with Crippen molar-refractivity contribution in [2.24, 2.45) is 0 Å². The molecular formula is C20H22FNO3. The molecule has 1 atom stereocenters. The van der Waals surface area contributed by atoms with E-state index < -0.39 is 0 Å². The SMILES string of the molecule is O=C(CCc1cccc(Oc2ccc(F)cc2)c1)NC[C@H]1CCCO1. The summed E-state index contributed by atoms with van der Waals surface area (Å²) in [6, 6.07) is 13.5. The van der Waals surface area contributed by atoms with E-state index >= 15 is 0 Å². The number of aryl methyl sites for hydroxylation is 1. The Morgan fingerprint density at radius 2 is 2.04 bits per heavy atom. The molecule has 3 rings (SSSR count). The van der Waals surface area contributed by atoms with Crippen LogP contribution >= 0.6 is 0 Å². The first-order valence-corrected chi connectivity index (χ1v) is 8.60. The van der Waals surface area contributed by atoms with Gasteiger partial charge in [0.25, 0.3) is 0 Å². The fraction of sp³-hybridized carbons (Fsp3) is 0.350. The van der Waals surface area contributed by atoms with Gasteiger partial charge in [-0.1, -0.05) is 12.1 Å². The van der Waals surface area contributed by atoms with E-state index in [0.717, 1.165) is 25.0 Å². The molecule has 1 saturated heterocycles. The molecule has 5 heteroatoms. The van der Waals surface area contributed by atoms with Crippen molar-refractivity contribution in [3.05, 3.63) is 59.9 Å². The molecule has 132 valence electrons. The van der Waals surface area contributed by atoms with Crippen molar-refractivity contribution in [1.29, 1.82) is 0 Å². The number of rotatable bonds is 7. The third kappa shape index (κ3) is 5.57. The average Bonchev–Trinajstić information content (AvgIpc) is 3.14. The average molecular weight is 343 g/mol. The lowest BCUT2D eigenvalue weighted by Crippen LogP contribution is -2.31. The van der Waals surface area contributed by atoms with Crippen molar-refractivity contribution < 1.29 is 18.7 Å². The molecule has 2 aromatic rings. The molecule has 0 aliphatic carbocycles. The lowest BCUT2D eigenvalue weighted by atomic mass is 10.1. The van der Waals surface area contributed by atoms with Crippen molar-refractivity contribution in [1.82, 2.24) is 5.32 Å². The third-order valence-corrected chi connectivity index (χ3v) is 4.14. The molecule has 0 radical (unpaired) electrons. The lowest BCUT2D eigenvalue weighted by Gasteiger charge is -2.11. The Labute approximate surface area is 147 Å². The summed E-state index contributed by atoms with van der Waals surface area (Å²) in [7, 11) is 0. The Kier molecular flexibility index (Phi) is 6.01. The zero-order valence-electron chi connectivity index (χ0n) is 14.0. The Hall–Kier alpha value is -2.40. The van der Waals surface area contributed by atoms with Gasteiger partial charge in [0.15, 0.2) is 0 Å². The van der Waals surface area contributed by atoms with Crippen molar-refractivity contribution in [3.8, 4) is 11.5 Å². The van der Waals surface area contributed by atoms with E-state index in [1.807, 2.05) is 24.3 Å². The molecule has 0 spiro atoms. The number of nitrogens with one attached hydrogen (secondary N) is 1. The highest BCUT2D eigenvalue weighted by molar-refractivity contribution is 5.76. The van der Waals surface area contributed by atoms with Crippen LogP contribution in [0.15, 0.2) is 48.5 Å². The molecule has 1 heterocycles. The van der Waals surface area contributed by atoms with Crippen LogP contribution in [0.2, 0.25) is 0 Å². The number of benzene rings is 2. The van der Waals surface area contributed by atoms with Crippen LogP contribution in [0, 0.1) is 5.82 Å². The van der Waals surface area contributed by atoms with Gasteiger partial charge in [0.2, 0.25) is 5.91 Å². The molecule has 0 unspecified atom stereocenters. The van der Waals surface area contributed by atoms with Crippen LogP contribution in [0.5, 0.6) is 11.5 Å². The summed E-state index contributed by atoms with van der Waals surface area (Å²) in [6.45, 7) is 1.38. The van der Waals surface area contributed by atoms with Crippen LogP contribution in [-0.4, -0.2) is 25.2 Å². The van der Waals surface area contributed by atoms with E-state index in [4.69, 9.17) is 9.47 Å². The minimum absolute atomic E-state index is 0.0281. The number of hydrogen-bond acceptors (Lipinski definition) is 3. The summed E-state index contributed by atoms with van der Waals surface area (Å²) in [5.41, 5.74) is 1.02. The smallest absolute Gasteiger partial charge is 0.220 e. The van der Waals surface area contributed by atoms with Gasteiger partial charge in [-0.05, 0) is 61.2 Å². The summed E-state index contributed by atoms with van der Waals surface area (Å²) in [5, 5.41) is 2.92. The van der Waals surface area contributed by atoms with Crippen LogP contribution in [0.25, 0.3) is 0 Å². The van der Waals surface area contributed by atoms with Gasteiger partial charge >= 0.3 is 0 Å². The van der Waals surface area contributed by atoms with Crippen molar-refractivity contribution >= 4 is 5.91 Å². The molecule has 25 heavy (non-hydrogen) atoms. The van der Waals surface area contributed by atoms with Gasteiger partial charge in [-0.3, -0.25) is 4.79 Å². The fourth-order valence-electron chi connectivity index (χ4n) is 2.78. The minimum Gasteiger partial charge on any atom is -0.457 e. The van der Waals surface area contributed by atoms with E-state index in [0.29, 0.717) is 30.9 Å². The number of carbonyl (C=O) groups is 1. The molecule has 0 bridgehead atoms. The highest BCUT2D eigenvalue weighted by Gasteiger charge is 2.16. The molecule has 1 aliphatic heterocycles. The fourth-order valence-corrected chi connectivity index (χ4v) is 2.78. The monoisotopic (exact) mass is 343 g/mol. The highest BCUT2D eigenvalue weighted by Crippen LogP contribution is 2.23. The van der Waals surface area contributed by atoms with Crippen molar-refractivity contribution in [3.63, 3.8) is 0 Å². The van der Waals surface area contributed by atoms with Gasteiger partial charge in [-0.25, -0.2) is 4.39 Å². The van der Waals surface area contributed by atoms with E-state index in [1.165, 1.54) is 12.1 Å². The summed E-state index contributed by atoms with van der Waals surface area (Å²) >= 11 is 0. The Morgan fingerprint density at radius 3 is 2.80 bits per heavy atom. The molecular weight excluding hydrogens is 321 g/mol. The summed E-state index contributed by atoms with van der Waals surface area (Å²) in [4.78, 5) is 11.9. The Balaban J connectivity index is 1.47. The van der Waals surface area contributed by atoms with Gasteiger partial charge in [0, 0.05) is 19.6 Å². The molecule has 1 aliphatic rings. The number of hydrogen-bond donors (Lipinski definition) is 1. The van der Waals surface area contributed by atoms with Gasteiger partial charge < -0.3 is 14.8 Å². The second-order valence-electron chi connectivity index (χ2n) is 6.14. The summed E-state index contributed by atoms with van der Waals surface area (Å²) in [6.07, 6.45) is 3.31. The molecule has 4 nitrogen and oxygen atoms in total. The van der Waals surface area contributed by atoms with Gasteiger partial charge in [0.1, 0.15) is 17.3 Å². The maximum absolute atomic E-state index is 12.9. The largest absolute Gasteiger partial charge is 0.457 e. The number of halogens is 1. The van der Waals surface area contributed by atoms with Crippen LogP contribution in [0.1, 0.15) is 24.8 Å². The first-order chi connectivity index (χ1) is 12.2. The standard InChI is InChI=1S/C20H22FNO3/c21-16-7-9-17(10-8-16)25-18-4-1-3-15(13-18)6-11-20(23)22-14-19-5-2-12-24-19/h1,3-4,7-10,13,19H,2,5-6,11-12,14H2,(H,22,23)/t19-/m1/s1. The summed E-state index contributed by atoms with van der Waals surface area (Å²) in [5.74, 6) is 0.979. The van der Waals surface area contributed by atoms with Crippen LogP contribution < -0.4 is 10.1 Å². The van der Waals surface area contributed by atoms with Gasteiger partial charge in [0.05, 0.1) is 6.10 Å². The summed E-state index contributed by atoms with van der Waals surface area (Å²) < 4.78 is 24.1. The predicted octanol–water partition coefficient (Wildman–Crippen LogP) is 3.85. The normalized spacial score (nSPS) is 16.6. The second-order valence-corrected chi connectivity index (χ2v) is 6.14. The van der Waals surface area contributed by atoms with E-state index in [-0.39, 0.29) is 17.8 Å². The van der Waals surface area contributed by atoms with E-state index in [2.05, 4.69) is 5.32 Å². The van der Waals surface area contributed by atoms with Crippen LogP contribution in [0.4, 0.5) is 4.39 Å². The van der Waals surface area contributed by atoms with Gasteiger partial charge in [-0.15, -0.1) is 0 Å². The lowest BCUT2D eigenvalue weighted by molar-refractivity contribution is -0.121. The Morgan fingerprint density at radius 1 is 1.20 bits per heavy atom.